The molecule has 0 aliphatic carbocycles. The lowest BCUT2D eigenvalue weighted by molar-refractivity contribution is 0.160. The van der Waals surface area contributed by atoms with Crippen LogP contribution >= 0.6 is 0 Å². The van der Waals surface area contributed by atoms with Crippen molar-refractivity contribution in [1.29, 1.82) is 0 Å². The van der Waals surface area contributed by atoms with Crippen LogP contribution in [0.2, 0.25) is 0 Å². The lowest BCUT2D eigenvalue weighted by atomic mass is 10.0. The summed E-state index contributed by atoms with van der Waals surface area (Å²) in [5, 5.41) is 10.7. The first-order valence-corrected chi connectivity index (χ1v) is 8.35. The van der Waals surface area contributed by atoms with Gasteiger partial charge in [0.15, 0.2) is 0 Å². The number of anilines is 1. The molecular formula is C17H19N7O. The van der Waals surface area contributed by atoms with Crippen molar-refractivity contribution in [2.75, 3.05) is 11.9 Å². The van der Waals surface area contributed by atoms with Gasteiger partial charge in [-0.1, -0.05) is 5.21 Å². The zero-order valence-electron chi connectivity index (χ0n) is 13.7. The monoisotopic (exact) mass is 337 g/mol. The van der Waals surface area contributed by atoms with E-state index in [2.05, 4.69) is 25.6 Å². The van der Waals surface area contributed by atoms with Gasteiger partial charge >= 0.3 is 6.03 Å². The Kier molecular flexibility index (Phi) is 4.16. The van der Waals surface area contributed by atoms with Gasteiger partial charge in [-0.2, -0.15) is 0 Å². The number of H-pyrrole nitrogens is 1. The third-order valence-electron chi connectivity index (χ3n) is 4.40. The van der Waals surface area contributed by atoms with Crippen LogP contribution in [0, 0.1) is 0 Å². The molecule has 1 aliphatic rings. The summed E-state index contributed by atoms with van der Waals surface area (Å²) in [5.41, 5.74) is 1.64. The van der Waals surface area contributed by atoms with E-state index >= 15 is 0 Å². The van der Waals surface area contributed by atoms with E-state index < -0.39 is 0 Å². The molecule has 1 atom stereocenters. The standard InChI is InChI=1S/C17H19N7O/c25-17(23-11-2-1-3-15(23)16-18-8-9-19-16)21-13-4-6-14(7-5-13)24-12-10-20-22-24/h4-10,12,15H,1-3,11H2,(H,18,19)(H,21,25)/t15-/m1/s1. The number of carbonyl (C=O) groups excluding carboxylic acids is 1. The molecule has 2 amide bonds. The molecule has 3 heterocycles. The minimum Gasteiger partial charge on any atom is -0.347 e. The molecule has 1 aliphatic heterocycles. The molecule has 4 rings (SSSR count). The highest BCUT2D eigenvalue weighted by Crippen LogP contribution is 2.29. The molecule has 0 unspecified atom stereocenters. The summed E-state index contributed by atoms with van der Waals surface area (Å²) in [5.74, 6) is 0.844. The SMILES string of the molecule is O=C(Nc1ccc(-n2ccnn2)cc1)N1CCCC[C@@H]1c1ncc[nH]1. The van der Waals surface area contributed by atoms with Crippen LogP contribution in [-0.4, -0.2) is 42.4 Å². The summed E-state index contributed by atoms with van der Waals surface area (Å²) in [6.07, 6.45) is 9.95. The van der Waals surface area contributed by atoms with Crippen molar-refractivity contribution in [3.8, 4) is 5.69 Å². The van der Waals surface area contributed by atoms with Crippen LogP contribution in [0.5, 0.6) is 0 Å². The van der Waals surface area contributed by atoms with Crippen molar-refractivity contribution in [1.82, 2.24) is 29.9 Å². The Morgan fingerprint density at radius 1 is 1.20 bits per heavy atom. The number of amides is 2. The lowest BCUT2D eigenvalue weighted by Crippen LogP contribution is -2.41. The molecule has 25 heavy (non-hydrogen) atoms. The maximum Gasteiger partial charge on any atom is 0.322 e. The molecule has 0 spiro atoms. The van der Waals surface area contributed by atoms with E-state index in [4.69, 9.17) is 0 Å². The maximum atomic E-state index is 12.7. The number of urea groups is 1. The summed E-state index contributed by atoms with van der Waals surface area (Å²) in [6.45, 7) is 0.730. The van der Waals surface area contributed by atoms with E-state index in [0.717, 1.165) is 43.0 Å². The Hall–Kier alpha value is -3.16. The van der Waals surface area contributed by atoms with Crippen LogP contribution in [0.4, 0.5) is 10.5 Å². The number of aromatic nitrogens is 5. The minimum atomic E-state index is -0.102. The first-order valence-electron chi connectivity index (χ1n) is 8.35. The van der Waals surface area contributed by atoms with Crippen molar-refractivity contribution < 1.29 is 4.79 Å². The molecule has 8 nitrogen and oxygen atoms in total. The Morgan fingerprint density at radius 3 is 2.80 bits per heavy atom. The first-order chi connectivity index (χ1) is 12.3. The molecule has 8 heteroatoms. The third-order valence-corrected chi connectivity index (χ3v) is 4.40. The van der Waals surface area contributed by atoms with Crippen molar-refractivity contribution in [3.63, 3.8) is 0 Å². The second-order valence-electron chi connectivity index (χ2n) is 6.00. The van der Waals surface area contributed by atoms with Crippen LogP contribution in [0.15, 0.2) is 49.1 Å². The number of aromatic amines is 1. The van der Waals surface area contributed by atoms with Crippen LogP contribution in [-0.2, 0) is 0 Å². The van der Waals surface area contributed by atoms with Crippen LogP contribution in [0.25, 0.3) is 5.69 Å². The number of carbonyl (C=O) groups is 1. The largest absolute Gasteiger partial charge is 0.347 e. The van der Waals surface area contributed by atoms with Crippen molar-refractivity contribution in [2.24, 2.45) is 0 Å². The summed E-state index contributed by atoms with van der Waals surface area (Å²) >= 11 is 0. The molecular weight excluding hydrogens is 318 g/mol. The highest BCUT2D eigenvalue weighted by molar-refractivity contribution is 5.89. The molecule has 0 saturated carbocycles. The van der Waals surface area contributed by atoms with Gasteiger partial charge in [0.05, 0.1) is 24.1 Å². The predicted molar refractivity (Wildman–Crippen MR) is 92.3 cm³/mol. The minimum absolute atomic E-state index is 0.00169. The van der Waals surface area contributed by atoms with Gasteiger partial charge in [0, 0.05) is 24.6 Å². The van der Waals surface area contributed by atoms with Gasteiger partial charge in [-0.3, -0.25) is 0 Å². The Labute approximate surface area is 144 Å². The van der Waals surface area contributed by atoms with E-state index in [1.54, 1.807) is 29.5 Å². The van der Waals surface area contributed by atoms with Crippen LogP contribution < -0.4 is 5.32 Å². The van der Waals surface area contributed by atoms with Gasteiger partial charge < -0.3 is 15.2 Å². The van der Waals surface area contributed by atoms with Gasteiger partial charge in [0.1, 0.15) is 5.82 Å². The van der Waals surface area contributed by atoms with E-state index in [-0.39, 0.29) is 12.1 Å². The lowest BCUT2D eigenvalue weighted by Gasteiger charge is -2.34. The Bertz CT molecular complexity index is 811. The molecule has 0 radical (unpaired) electrons. The zero-order chi connectivity index (χ0) is 17.1. The number of nitrogens with zero attached hydrogens (tertiary/aromatic N) is 5. The average Bonchev–Trinajstić information content (AvgIpc) is 3.36. The van der Waals surface area contributed by atoms with Crippen LogP contribution in [0.3, 0.4) is 0 Å². The van der Waals surface area contributed by atoms with E-state index in [1.165, 1.54) is 0 Å². The Balaban J connectivity index is 1.47. The number of rotatable bonds is 3. The highest BCUT2D eigenvalue weighted by Gasteiger charge is 2.29. The van der Waals surface area contributed by atoms with Crippen molar-refractivity contribution in [3.05, 3.63) is 54.9 Å². The number of piperidine rings is 1. The summed E-state index contributed by atoms with van der Waals surface area (Å²) in [7, 11) is 0. The van der Waals surface area contributed by atoms with Gasteiger partial charge in [-0.05, 0) is 43.5 Å². The predicted octanol–water partition coefficient (Wildman–Crippen LogP) is 2.75. The Morgan fingerprint density at radius 2 is 2.08 bits per heavy atom. The molecule has 2 aromatic heterocycles. The fourth-order valence-electron chi connectivity index (χ4n) is 3.16. The maximum absolute atomic E-state index is 12.7. The average molecular weight is 337 g/mol. The highest BCUT2D eigenvalue weighted by atomic mass is 16.2. The van der Waals surface area contributed by atoms with E-state index in [1.807, 2.05) is 29.2 Å². The third kappa shape index (κ3) is 3.23. The normalized spacial score (nSPS) is 17.4. The van der Waals surface area contributed by atoms with E-state index in [9.17, 15) is 4.79 Å². The fourth-order valence-corrected chi connectivity index (χ4v) is 3.16. The molecule has 2 N–H and O–H groups in total. The molecule has 1 aromatic carbocycles. The summed E-state index contributed by atoms with van der Waals surface area (Å²) in [6, 6.07) is 7.41. The molecule has 128 valence electrons. The number of imidazole rings is 1. The van der Waals surface area contributed by atoms with Crippen molar-refractivity contribution >= 4 is 11.7 Å². The van der Waals surface area contributed by atoms with Gasteiger partial charge in [-0.25, -0.2) is 14.5 Å². The number of hydrogen-bond donors (Lipinski definition) is 2. The zero-order valence-corrected chi connectivity index (χ0v) is 13.7. The first kappa shape index (κ1) is 15.4. The van der Waals surface area contributed by atoms with E-state index in [0.29, 0.717) is 0 Å². The second-order valence-corrected chi connectivity index (χ2v) is 6.00. The van der Waals surface area contributed by atoms with Gasteiger partial charge in [0.2, 0.25) is 0 Å². The summed E-state index contributed by atoms with van der Waals surface area (Å²) in [4.78, 5) is 22.0. The smallest absolute Gasteiger partial charge is 0.322 e. The summed E-state index contributed by atoms with van der Waals surface area (Å²) < 4.78 is 1.67. The molecule has 1 saturated heterocycles. The van der Waals surface area contributed by atoms with Crippen LogP contribution in [0.1, 0.15) is 31.1 Å². The number of hydrogen-bond acceptors (Lipinski definition) is 4. The number of likely N-dealkylation sites (tertiary alicyclic amines) is 1. The molecule has 0 bridgehead atoms. The topological polar surface area (TPSA) is 91.7 Å². The number of nitrogens with one attached hydrogen (secondary N) is 2. The fraction of sp³-hybridized carbons (Fsp3) is 0.294. The molecule has 1 fully saturated rings. The number of benzene rings is 1. The second kappa shape index (κ2) is 6.76. The quantitative estimate of drug-likeness (QED) is 0.769. The van der Waals surface area contributed by atoms with Crippen molar-refractivity contribution in [2.45, 2.75) is 25.3 Å². The van der Waals surface area contributed by atoms with Gasteiger partial charge in [-0.15, -0.1) is 5.10 Å². The van der Waals surface area contributed by atoms with Gasteiger partial charge in [0.25, 0.3) is 0 Å². The molecule has 3 aromatic rings.